The SMILES string of the molecule is c1ccc(-n2cc(OCC3CCCOC3)cn2)cc1. The summed E-state index contributed by atoms with van der Waals surface area (Å²) in [5.74, 6) is 1.32. The van der Waals surface area contributed by atoms with Crippen LogP contribution in [0.3, 0.4) is 0 Å². The maximum absolute atomic E-state index is 5.78. The molecule has 1 aromatic carbocycles. The van der Waals surface area contributed by atoms with Crippen molar-refractivity contribution in [3.05, 3.63) is 42.7 Å². The quantitative estimate of drug-likeness (QED) is 0.846. The van der Waals surface area contributed by atoms with Crippen molar-refractivity contribution in [2.45, 2.75) is 12.8 Å². The molecule has 0 aliphatic carbocycles. The summed E-state index contributed by atoms with van der Waals surface area (Å²) >= 11 is 0. The van der Waals surface area contributed by atoms with Crippen molar-refractivity contribution >= 4 is 0 Å². The smallest absolute Gasteiger partial charge is 0.157 e. The Labute approximate surface area is 113 Å². The van der Waals surface area contributed by atoms with Gasteiger partial charge in [0.15, 0.2) is 5.75 Å². The molecule has 0 spiro atoms. The van der Waals surface area contributed by atoms with E-state index < -0.39 is 0 Å². The minimum Gasteiger partial charge on any atom is -0.490 e. The van der Waals surface area contributed by atoms with E-state index in [2.05, 4.69) is 5.10 Å². The Kier molecular flexibility index (Phi) is 3.79. The van der Waals surface area contributed by atoms with Gasteiger partial charge in [0, 0.05) is 12.5 Å². The van der Waals surface area contributed by atoms with Crippen LogP contribution in [0, 0.1) is 5.92 Å². The molecule has 1 unspecified atom stereocenters. The van der Waals surface area contributed by atoms with Crippen LogP contribution in [-0.2, 0) is 4.74 Å². The van der Waals surface area contributed by atoms with Crippen molar-refractivity contribution in [3.63, 3.8) is 0 Å². The number of benzene rings is 1. The predicted molar refractivity (Wildman–Crippen MR) is 72.6 cm³/mol. The summed E-state index contributed by atoms with van der Waals surface area (Å²) in [6.07, 6.45) is 6.00. The molecule has 1 aromatic heterocycles. The summed E-state index contributed by atoms with van der Waals surface area (Å²) in [5.41, 5.74) is 1.04. The second-order valence-electron chi connectivity index (χ2n) is 4.85. The molecule has 1 aliphatic heterocycles. The molecule has 4 heteroatoms. The second-order valence-corrected chi connectivity index (χ2v) is 4.85. The Morgan fingerprint density at radius 3 is 3.00 bits per heavy atom. The monoisotopic (exact) mass is 258 g/mol. The van der Waals surface area contributed by atoms with Gasteiger partial charge in [0.05, 0.1) is 31.3 Å². The van der Waals surface area contributed by atoms with E-state index in [0.717, 1.165) is 31.1 Å². The van der Waals surface area contributed by atoms with Gasteiger partial charge in [0.25, 0.3) is 0 Å². The van der Waals surface area contributed by atoms with Gasteiger partial charge in [-0.15, -0.1) is 0 Å². The Balaban J connectivity index is 1.59. The summed E-state index contributed by atoms with van der Waals surface area (Å²) in [7, 11) is 0. The number of aromatic nitrogens is 2. The first kappa shape index (κ1) is 12.2. The minimum absolute atomic E-state index is 0.508. The summed E-state index contributed by atoms with van der Waals surface area (Å²) in [6.45, 7) is 2.41. The van der Waals surface area contributed by atoms with Crippen molar-refractivity contribution < 1.29 is 9.47 Å². The van der Waals surface area contributed by atoms with E-state index in [4.69, 9.17) is 9.47 Å². The molecule has 1 fully saturated rings. The fourth-order valence-electron chi connectivity index (χ4n) is 2.26. The summed E-state index contributed by atoms with van der Waals surface area (Å²) in [4.78, 5) is 0. The van der Waals surface area contributed by atoms with Crippen LogP contribution in [0.15, 0.2) is 42.7 Å². The highest BCUT2D eigenvalue weighted by molar-refractivity contribution is 5.32. The molecular weight excluding hydrogens is 240 g/mol. The average molecular weight is 258 g/mol. The van der Waals surface area contributed by atoms with E-state index in [1.807, 2.05) is 41.2 Å². The van der Waals surface area contributed by atoms with Crippen LogP contribution in [0.25, 0.3) is 5.69 Å². The Hall–Kier alpha value is -1.81. The maximum atomic E-state index is 5.78. The molecule has 1 saturated heterocycles. The molecule has 0 radical (unpaired) electrons. The van der Waals surface area contributed by atoms with Gasteiger partial charge in [-0.2, -0.15) is 5.10 Å². The maximum Gasteiger partial charge on any atom is 0.157 e. The molecule has 3 rings (SSSR count). The lowest BCUT2D eigenvalue weighted by Crippen LogP contribution is -2.23. The van der Waals surface area contributed by atoms with Gasteiger partial charge in [0.2, 0.25) is 0 Å². The Morgan fingerprint density at radius 2 is 2.21 bits per heavy atom. The highest BCUT2D eigenvalue weighted by Crippen LogP contribution is 2.17. The zero-order valence-corrected chi connectivity index (χ0v) is 10.9. The largest absolute Gasteiger partial charge is 0.490 e. The van der Waals surface area contributed by atoms with Crippen LogP contribution in [0.5, 0.6) is 5.75 Å². The summed E-state index contributed by atoms with van der Waals surface area (Å²) < 4.78 is 13.1. The fraction of sp³-hybridized carbons (Fsp3) is 0.400. The number of ether oxygens (including phenoxy) is 2. The van der Waals surface area contributed by atoms with Gasteiger partial charge in [-0.1, -0.05) is 18.2 Å². The molecule has 1 atom stereocenters. The minimum atomic E-state index is 0.508. The number of para-hydroxylation sites is 1. The van der Waals surface area contributed by atoms with E-state index in [9.17, 15) is 0 Å². The molecule has 0 amide bonds. The fourth-order valence-corrected chi connectivity index (χ4v) is 2.26. The molecular formula is C15H18N2O2. The van der Waals surface area contributed by atoms with E-state index in [1.165, 1.54) is 6.42 Å². The first-order valence-corrected chi connectivity index (χ1v) is 6.72. The highest BCUT2D eigenvalue weighted by atomic mass is 16.5. The van der Waals surface area contributed by atoms with Crippen molar-refractivity contribution in [1.29, 1.82) is 0 Å². The molecule has 1 aliphatic rings. The average Bonchev–Trinajstić information content (AvgIpc) is 2.96. The lowest BCUT2D eigenvalue weighted by molar-refractivity contribution is 0.0352. The molecule has 4 nitrogen and oxygen atoms in total. The van der Waals surface area contributed by atoms with Crippen molar-refractivity contribution in [2.24, 2.45) is 5.92 Å². The molecule has 0 saturated carbocycles. The lowest BCUT2D eigenvalue weighted by Gasteiger charge is -2.21. The first-order valence-electron chi connectivity index (χ1n) is 6.72. The number of nitrogens with zero attached hydrogens (tertiary/aromatic N) is 2. The zero-order valence-electron chi connectivity index (χ0n) is 10.9. The van der Waals surface area contributed by atoms with Crippen LogP contribution < -0.4 is 4.74 Å². The molecule has 2 heterocycles. The Morgan fingerprint density at radius 1 is 1.32 bits per heavy atom. The molecule has 19 heavy (non-hydrogen) atoms. The number of hydrogen-bond donors (Lipinski definition) is 0. The highest BCUT2D eigenvalue weighted by Gasteiger charge is 2.14. The van der Waals surface area contributed by atoms with Crippen LogP contribution in [-0.4, -0.2) is 29.6 Å². The van der Waals surface area contributed by atoms with Gasteiger partial charge in [0.1, 0.15) is 0 Å². The van der Waals surface area contributed by atoms with E-state index >= 15 is 0 Å². The predicted octanol–water partition coefficient (Wildman–Crippen LogP) is 2.68. The number of rotatable bonds is 4. The van der Waals surface area contributed by atoms with Crippen molar-refractivity contribution in [1.82, 2.24) is 9.78 Å². The Bertz CT molecular complexity index is 504. The lowest BCUT2D eigenvalue weighted by atomic mass is 10.0. The standard InChI is InChI=1S/C15H18N2O2/c1-2-6-14(7-3-1)17-10-15(9-16-17)19-12-13-5-4-8-18-11-13/h1-3,6-7,9-10,13H,4-5,8,11-12H2. The van der Waals surface area contributed by atoms with Gasteiger partial charge in [-0.05, 0) is 25.0 Å². The second kappa shape index (κ2) is 5.89. The van der Waals surface area contributed by atoms with Crippen LogP contribution in [0.4, 0.5) is 0 Å². The molecule has 0 bridgehead atoms. The third-order valence-electron chi connectivity index (χ3n) is 3.32. The van der Waals surface area contributed by atoms with Crippen LogP contribution in [0.1, 0.15) is 12.8 Å². The van der Waals surface area contributed by atoms with Gasteiger partial charge >= 0.3 is 0 Å². The van der Waals surface area contributed by atoms with E-state index in [0.29, 0.717) is 12.5 Å². The van der Waals surface area contributed by atoms with Gasteiger partial charge < -0.3 is 9.47 Å². The van der Waals surface area contributed by atoms with Crippen molar-refractivity contribution in [2.75, 3.05) is 19.8 Å². The normalized spacial score (nSPS) is 19.3. The first-order chi connectivity index (χ1) is 9.42. The summed E-state index contributed by atoms with van der Waals surface area (Å²) in [6, 6.07) is 10.0. The van der Waals surface area contributed by atoms with E-state index in [1.54, 1.807) is 6.20 Å². The van der Waals surface area contributed by atoms with Crippen molar-refractivity contribution in [3.8, 4) is 11.4 Å². The summed E-state index contributed by atoms with van der Waals surface area (Å²) in [5, 5.41) is 4.31. The van der Waals surface area contributed by atoms with Crippen LogP contribution >= 0.6 is 0 Å². The number of hydrogen-bond acceptors (Lipinski definition) is 3. The third kappa shape index (κ3) is 3.15. The molecule has 100 valence electrons. The van der Waals surface area contributed by atoms with E-state index in [-0.39, 0.29) is 0 Å². The topological polar surface area (TPSA) is 36.3 Å². The van der Waals surface area contributed by atoms with Crippen LogP contribution in [0.2, 0.25) is 0 Å². The van der Waals surface area contributed by atoms with Gasteiger partial charge in [-0.3, -0.25) is 0 Å². The molecule has 0 N–H and O–H groups in total. The van der Waals surface area contributed by atoms with Gasteiger partial charge in [-0.25, -0.2) is 4.68 Å². The third-order valence-corrected chi connectivity index (χ3v) is 3.32. The molecule has 2 aromatic rings. The zero-order chi connectivity index (χ0) is 12.9.